The van der Waals surface area contributed by atoms with Crippen molar-refractivity contribution in [3.05, 3.63) is 59.4 Å². The molecule has 2 aromatic carbocycles. The smallest absolute Gasteiger partial charge is 0.256 e. The van der Waals surface area contributed by atoms with Crippen molar-refractivity contribution in [2.45, 2.75) is 6.54 Å². The van der Waals surface area contributed by atoms with Gasteiger partial charge in [-0.15, -0.1) is 0 Å². The van der Waals surface area contributed by atoms with E-state index in [0.29, 0.717) is 36.6 Å². The van der Waals surface area contributed by atoms with E-state index in [0.717, 1.165) is 18.7 Å². The van der Waals surface area contributed by atoms with Crippen molar-refractivity contribution in [3.63, 3.8) is 0 Å². The highest BCUT2D eigenvalue weighted by molar-refractivity contribution is 5.99. The molecule has 2 N–H and O–H groups in total. The summed E-state index contributed by atoms with van der Waals surface area (Å²) < 4.78 is 18.8. The first-order valence-corrected chi connectivity index (χ1v) is 8.27. The van der Waals surface area contributed by atoms with Gasteiger partial charge in [0.05, 0.1) is 12.7 Å². The highest BCUT2D eigenvalue weighted by atomic mass is 19.1. The Bertz CT molecular complexity index is 758. The van der Waals surface area contributed by atoms with Crippen molar-refractivity contribution in [2.24, 2.45) is 0 Å². The summed E-state index contributed by atoms with van der Waals surface area (Å²) in [5.74, 6) is 0.363. The summed E-state index contributed by atoms with van der Waals surface area (Å²) in [5.41, 5.74) is 7.75. The van der Waals surface area contributed by atoms with E-state index < -0.39 is 0 Å². The number of anilines is 1. The molecular weight excluding hydrogens is 321 g/mol. The van der Waals surface area contributed by atoms with Crippen LogP contribution in [0.4, 0.5) is 10.1 Å². The summed E-state index contributed by atoms with van der Waals surface area (Å²) in [6.07, 6.45) is 0. The summed E-state index contributed by atoms with van der Waals surface area (Å²) in [6.45, 7) is 3.27. The van der Waals surface area contributed by atoms with Crippen LogP contribution in [-0.2, 0) is 6.54 Å². The lowest BCUT2D eigenvalue weighted by Crippen LogP contribution is -2.48. The van der Waals surface area contributed by atoms with Crippen LogP contribution in [-0.4, -0.2) is 49.0 Å². The molecule has 0 aliphatic carbocycles. The van der Waals surface area contributed by atoms with Crippen molar-refractivity contribution in [1.29, 1.82) is 0 Å². The van der Waals surface area contributed by atoms with Crippen LogP contribution in [0.15, 0.2) is 42.5 Å². The van der Waals surface area contributed by atoms with Gasteiger partial charge in [0.25, 0.3) is 5.91 Å². The Morgan fingerprint density at radius 3 is 2.56 bits per heavy atom. The second kappa shape index (κ2) is 7.53. The standard InChI is InChI=1S/C19H22FN3O2/c1-25-18-7-6-15(20)12-14(18)13-22-8-10-23(11-9-22)19(24)16-4-2-3-5-17(16)21/h2-7,12H,8-11,13,21H2,1H3. The molecule has 0 spiro atoms. The highest BCUT2D eigenvalue weighted by Crippen LogP contribution is 2.22. The van der Waals surface area contributed by atoms with Crippen molar-refractivity contribution in [3.8, 4) is 5.75 Å². The quantitative estimate of drug-likeness (QED) is 0.866. The molecule has 0 saturated carbocycles. The number of ether oxygens (including phenoxy) is 1. The number of halogens is 1. The molecule has 0 radical (unpaired) electrons. The topological polar surface area (TPSA) is 58.8 Å². The van der Waals surface area contributed by atoms with Gasteiger partial charge in [-0.1, -0.05) is 12.1 Å². The van der Waals surface area contributed by atoms with Crippen LogP contribution in [0.2, 0.25) is 0 Å². The number of hydrogen-bond donors (Lipinski definition) is 1. The zero-order chi connectivity index (χ0) is 17.8. The zero-order valence-electron chi connectivity index (χ0n) is 14.2. The van der Waals surface area contributed by atoms with E-state index in [1.807, 2.05) is 17.0 Å². The number of nitrogens with zero attached hydrogens (tertiary/aromatic N) is 2. The Kier molecular flexibility index (Phi) is 5.19. The third-order valence-corrected chi connectivity index (χ3v) is 4.49. The molecule has 25 heavy (non-hydrogen) atoms. The number of hydrogen-bond acceptors (Lipinski definition) is 4. The molecule has 1 aliphatic rings. The fourth-order valence-electron chi connectivity index (χ4n) is 3.08. The molecule has 1 aliphatic heterocycles. The summed E-state index contributed by atoms with van der Waals surface area (Å²) >= 11 is 0. The minimum absolute atomic E-state index is 0.0407. The van der Waals surface area contributed by atoms with Gasteiger partial charge in [0.15, 0.2) is 0 Å². The third-order valence-electron chi connectivity index (χ3n) is 4.49. The monoisotopic (exact) mass is 343 g/mol. The molecule has 132 valence electrons. The zero-order valence-corrected chi connectivity index (χ0v) is 14.2. The molecule has 1 saturated heterocycles. The number of carbonyl (C=O) groups is 1. The fourth-order valence-corrected chi connectivity index (χ4v) is 3.08. The van der Waals surface area contributed by atoms with Crippen molar-refractivity contribution in [2.75, 3.05) is 39.0 Å². The van der Waals surface area contributed by atoms with E-state index in [4.69, 9.17) is 10.5 Å². The van der Waals surface area contributed by atoms with Crippen molar-refractivity contribution < 1.29 is 13.9 Å². The summed E-state index contributed by atoms with van der Waals surface area (Å²) in [7, 11) is 1.58. The molecule has 5 nitrogen and oxygen atoms in total. The number of rotatable bonds is 4. The number of benzene rings is 2. The molecule has 1 amide bonds. The molecule has 0 bridgehead atoms. The van der Waals surface area contributed by atoms with Gasteiger partial charge < -0.3 is 15.4 Å². The van der Waals surface area contributed by atoms with Crippen molar-refractivity contribution in [1.82, 2.24) is 9.80 Å². The second-order valence-electron chi connectivity index (χ2n) is 6.11. The lowest BCUT2D eigenvalue weighted by molar-refractivity contribution is 0.0628. The molecule has 1 fully saturated rings. The average Bonchev–Trinajstić information content (AvgIpc) is 2.62. The second-order valence-corrected chi connectivity index (χ2v) is 6.11. The van der Waals surface area contributed by atoms with Gasteiger partial charge in [-0.2, -0.15) is 0 Å². The molecule has 3 rings (SSSR count). The minimum Gasteiger partial charge on any atom is -0.496 e. The molecule has 2 aromatic rings. The van der Waals surface area contributed by atoms with Gasteiger partial charge in [0.2, 0.25) is 0 Å². The maximum absolute atomic E-state index is 13.5. The normalized spacial score (nSPS) is 15.2. The summed E-state index contributed by atoms with van der Waals surface area (Å²) in [6, 6.07) is 11.7. The number of amides is 1. The number of methoxy groups -OCH3 is 1. The number of nitrogen functional groups attached to an aromatic ring is 1. The number of para-hydroxylation sites is 1. The summed E-state index contributed by atoms with van der Waals surface area (Å²) in [4.78, 5) is 16.6. The number of nitrogens with two attached hydrogens (primary N) is 1. The predicted octanol–water partition coefficient (Wildman–Crippen LogP) is 2.37. The fraction of sp³-hybridized carbons (Fsp3) is 0.316. The largest absolute Gasteiger partial charge is 0.496 e. The van der Waals surface area contributed by atoms with Crippen LogP contribution in [0.25, 0.3) is 0 Å². The van der Waals surface area contributed by atoms with Gasteiger partial charge >= 0.3 is 0 Å². The van der Waals surface area contributed by atoms with Gasteiger partial charge in [-0.25, -0.2) is 4.39 Å². The van der Waals surface area contributed by atoms with Crippen molar-refractivity contribution >= 4 is 11.6 Å². The van der Waals surface area contributed by atoms with Crippen LogP contribution in [0.5, 0.6) is 5.75 Å². The van der Waals surface area contributed by atoms with E-state index in [1.165, 1.54) is 12.1 Å². The lowest BCUT2D eigenvalue weighted by Gasteiger charge is -2.35. The minimum atomic E-state index is -0.274. The molecular formula is C19H22FN3O2. The first-order chi connectivity index (χ1) is 12.1. The molecule has 1 heterocycles. The number of piperazine rings is 1. The van der Waals surface area contributed by atoms with Crippen LogP contribution in [0, 0.1) is 5.82 Å². The lowest BCUT2D eigenvalue weighted by atomic mass is 10.1. The van der Waals surface area contributed by atoms with Crippen LogP contribution >= 0.6 is 0 Å². The first kappa shape index (κ1) is 17.2. The maximum atomic E-state index is 13.5. The van der Waals surface area contributed by atoms with Gasteiger partial charge in [0.1, 0.15) is 11.6 Å². The van der Waals surface area contributed by atoms with Crippen LogP contribution in [0.1, 0.15) is 15.9 Å². The number of carbonyl (C=O) groups excluding carboxylic acids is 1. The van der Waals surface area contributed by atoms with Crippen LogP contribution < -0.4 is 10.5 Å². The Labute approximate surface area is 146 Å². The van der Waals surface area contributed by atoms with E-state index in [2.05, 4.69) is 4.90 Å². The van der Waals surface area contributed by atoms with Crippen LogP contribution in [0.3, 0.4) is 0 Å². The first-order valence-electron chi connectivity index (χ1n) is 8.27. The Hall–Kier alpha value is -2.60. The van der Waals surface area contributed by atoms with Gasteiger partial charge in [-0.05, 0) is 30.3 Å². The molecule has 0 unspecified atom stereocenters. The van der Waals surface area contributed by atoms with E-state index in [-0.39, 0.29) is 11.7 Å². The third kappa shape index (κ3) is 3.91. The Balaban J connectivity index is 1.62. The maximum Gasteiger partial charge on any atom is 0.256 e. The highest BCUT2D eigenvalue weighted by Gasteiger charge is 2.23. The molecule has 0 atom stereocenters. The van der Waals surface area contributed by atoms with E-state index >= 15 is 0 Å². The van der Waals surface area contributed by atoms with E-state index in [1.54, 1.807) is 25.3 Å². The Morgan fingerprint density at radius 1 is 1.16 bits per heavy atom. The molecule has 6 heteroatoms. The molecule has 0 aromatic heterocycles. The summed E-state index contributed by atoms with van der Waals surface area (Å²) in [5, 5.41) is 0. The Morgan fingerprint density at radius 2 is 1.88 bits per heavy atom. The SMILES string of the molecule is COc1ccc(F)cc1CN1CCN(C(=O)c2ccccc2N)CC1. The average molecular weight is 343 g/mol. The van der Waals surface area contributed by atoms with Gasteiger partial charge in [0, 0.05) is 44.0 Å². The van der Waals surface area contributed by atoms with Gasteiger partial charge in [-0.3, -0.25) is 9.69 Å². The van der Waals surface area contributed by atoms with E-state index in [9.17, 15) is 9.18 Å². The predicted molar refractivity (Wildman–Crippen MR) is 95.0 cm³/mol.